The Morgan fingerprint density at radius 1 is 0.808 bits per heavy atom. The summed E-state index contributed by atoms with van der Waals surface area (Å²) in [4.78, 5) is 29.5. The molecule has 1 fully saturated rings. The van der Waals surface area contributed by atoms with Crippen molar-refractivity contribution in [2.45, 2.75) is 26.2 Å². The van der Waals surface area contributed by atoms with Gasteiger partial charge in [0.25, 0.3) is 5.91 Å². The first-order valence-corrected chi connectivity index (χ1v) is 9.11. The third-order valence-electron chi connectivity index (χ3n) is 5.26. The zero-order chi connectivity index (χ0) is 18.7. The van der Waals surface area contributed by atoms with Crippen LogP contribution in [0.15, 0.2) is 54.6 Å². The Morgan fingerprint density at radius 2 is 1.35 bits per heavy atom. The van der Waals surface area contributed by atoms with Gasteiger partial charge in [-0.1, -0.05) is 48.5 Å². The second-order valence-electron chi connectivity index (χ2n) is 7.39. The highest BCUT2D eigenvalue weighted by Gasteiger charge is 2.35. The van der Waals surface area contributed by atoms with E-state index >= 15 is 0 Å². The summed E-state index contributed by atoms with van der Waals surface area (Å²) in [6.07, 6.45) is 0. The van der Waals surface area contributed by atoms with Crippen molar-refractivity contribution in [3.63, 3.8) is 0 Å². The largest absolute Gasteiger partial charge is 0.338 e. The maximum atomic E-state index is 13.0. The van der Waals surface area contributed by atoms with Gasteiger partial charge in [0, 0.05) is 31.7 Å². The fourth-order valence-electron chi connectivity index (χ4n) is 3.47. The summed E-state index contributed by atoms with van der Waals surface area (Å²) in [5, 5.41) is 0. The number of rotatable bonds is 3. The van der Waals surface area contributed by atoms with E-state index in [9.17, 15) is 9.59 Å². The van der Waals surface area contributed by atoms with Crippen LogP contribution in [0.4, 0.5) is 0 Å². The van der Waals surface area contributed by atoms with Crippen molar-refractivity contribution in [1.82, 2.24) is 9.80 Å². The van der Waals surface area contributed by atoms with Crippen LogP contribution in [0.1, 0.15) is 35.3 Å². The number of carbonyl (C=O) groups is 2. The number of amides is 2. The molecule has 4 nitrogen and oxygen atoms in total. The minimum Gasteiger partial charge on any atom is -0.338 e. The van der Waals surface area contributed by atoms with E-state index in [0.29, 0.717) is 26.2 Å². The van der Waals surface area contributed by atoms with Crippen LogP contribution in [0.25, 0.3) is 0 Å². The van der Waals surface area contributed by atoms with E-state index < -0.39 is 5.41 Å². The molecule has 1 aliphatic heterocycles. The van der Waals surface area contributed by atoms with Gasteiger partial charge in [-0.15, -0.1) is 0 Å². The highest BCUT2D eigenvalue weighted by molar-refractivity contribution is 5.96. The van der Waals surface area contributed by atoms with E-state index in [1.165, 1.54) is 0 Å². The maximum absolute atomic E-state index is 13.0. The summed E-state index contributed by atoms with van der Waals surface area (Å²) >= 11 is 0. The highest BCUT2D eigenvalue weighted by atomic mass is 16.2. The molecule has 0 spiro atoms. The monoisotopic (exact) mass is 350 g/mol. The standard InChI is InChI=1S/C22H26N2O2/c1-17-9-7-8-12-19(17)20(25)23-13-15-24(16-14-23)21(26)22(2,3)18-10-5-4-6-11-18/h4-12H,13-16H2,1-3H3. The van der Waals surface area contributed by atoms with E-state index in [2.05, 4.69) is 0 Å². The Balaban J connectivity index is 1.66. The van der Waals surface area contributed by atoms with Crippen molar-refractivity contribution in [3.05, 3.63) is 71.3 Å². The van der Waals surface area contributed by atoms with Crippen molar-refractivity contribution >= 4 is 11.8 Å². The lowest BCUT2D eigenvalue weighted by molar-refractivity contribution is -0.137. The molecule has 0 atom stereocenters. The van der Waals surface area contributed by atoms with Gasteiger partial charge < -0.3 is 9.80 Å². The van der Waals surface area contributed by atoms with E-state index in [-0.39, 0.29) is 11.8 Å². The van der Waals surface area contributed by atoms with Crippen molar-refractivity contribution in [2.24, 2.45) is 0 Å². The van der Waals surface area contributed by atoms with Gasteiger partial charge in [-0.2, -0.15) is 0 Å². The van der Waals surface area contributed by atoms with Gasteiger partial charge >= 0.3 is 0 Å². The molecule has 0 saturated carbocycles. The Labute approximate surface area is 155 Å². The average molecular weight is 350 g/mol. The summed E-state index contributed by atoms with van der Waals surface area (Å²) in [6.45, 7) is 8.19. The number of piperazine rings is 1. The first-order chi connectivity index (χ1) is 12.4. The number of hydrogen-bond donors (Lipinski definition) is 0. The molecule has 136 valence electrons. The molecule has 26 heavy (non-hydrogen) atoms. The molecule has 0 aliphatic carbocycles. The molecule has 2 aromatic rings. The van der Waals surface area contributed by atoms with Crippen LogP contribution in [-0.2, 0) is 10.2 Å². The zero-order valence-electron chi connectivity index (χ0n) is 15.7. The van der Waals surface area contributed by atoms with E-state index in [1.807, 2.05) is 85.2 Å². The predicted molar refractivity (Wildman–Crippen MR) is 103 cm³/mol. The lowest BCUT2D eigenvalue weighted by Gasteiger charge is -2.39. The Morgan fingerprint density at radius 3 is 1.96 bits per heavy atom. The van der Waals surface area contributed by atoms with Gasteiger partial charge in [-0.25, -0.2) is 0 Å². The number of benzene rings is 2. The van der Waals surface area contributed by atoms with Crippen molar-refractivity contribution in [2.75, 3.05) is 26.2 Å². The van der Waals surface area contributed by atoms with Crippen LogP contribution >= 0.6 is 0 Å². The van der Waals surface area contributed by atoms with E-state index in [0.717, 1.165) is 16.7 Å². The SMILES string of the molecule is Cc1ccccc1C(=O)N1CCN(C(=O)C(C)(C)c2ccccc2)CC1. The quantitative estimate of drug-likeness (QED) is 0.852. The third-order valence-corrected chi connectivity index (χ3v) is 5.26. The molecule has 2 amide bonds. The molecule has 0 N–H and O–H groups in total. The number of nitrogens with zero attached hydrogens (tertiary/aromatic N) is 2. The van der Waals surface area contributed by atoms with Gasteiger partial charge in [0.2, 0.25) is 5.91 Å². The molecule has 3 rings (SSSR count). The lowest BCUT2D eigenvalue weighted by atomic mass is 9.83. The van der Waals surface area contributed by atoms with E-state index in [1.54, 1.807) is 0 Å². The van der Waals surface area contributed by atoms with Gasteiger partial charge in [0.1, 0.15) is 0 Å². The Kier molecular flexibility index (Phi) is 5.12. The van der Waals surface area contributed by atoms with Gasteiger partial charge in [-0.3, -0.25) is 9.59 Å². The van der Waals surface area contributed by atoms with E-state index in [4.69, 9.17) is 0 Å². The molecular weight excluding hydrogens is 324 g/mol. The number of aryl methyl sites for hydroxylation is 1. The summed E-state index contributed by atoms with van der Waals surface area (Å²) in [5.41, 5.74) is 2.19. The average Bonchev–Trinajstić information content (AvgIpc) is 2.68. The van der Waals surface area contributed by atoms with Crippen LogP contribution in [-0.4, -0.2) is 47.8 Å². The first-order valence-electron chi connectivity index (χ1n) is 9.11. The highest BCUT2D eigenvalue weighted by Crippen LogP contribution is 2.26. The van der Waals surface area contributed by atoms with Crippen LogP contribution in [0.3, 0.4) is 0 Å². The number of hydrogen-bond acceptors (Lipinski definition) is 2. The van der Waals surface area contributed by atoms with Crippen molar-refractivity contribution in [1.29, 1.82) is 0 Å². The molecule has 0 bridgehead atoms. The lowest BCUT2D eigenvalue weighted by Crippen LogP contribution is -2.54. The summed E-state index contributed by atoms with van der Waals surface area (Å²) in [7, 11) is 0. The Bertz CT molecular complexity index is 791. The minimum atomic E-state index is -0.566. The second kappa shape index (κ2) is 7.32. The molecule has 1 saturated heterocycles. The fourth-order valence-corrected chi connectivity index (χ4v) is 3.47. The fraction of sp³-hybridized carbons (Fsp3) is 0.364. The topological polar surface area (TPSA) is 40.6 Å². The Hall–Kier alpha value is -2.62. The van der Waals surface area contributed by atoms with Gasteiger partial charge in [0.15, 0.2) is 0 Å². The molecular formula is C22H26N2O2. The van der Waals surface area contributed by atoms with Gasteiger partial charge in [0.05, 0.1) is 5.41 Å². The third kappa shape index (κ3) is 3.50. The normalized spacial score (nSPS) is 15.0. The molecule has 0 unspecified atom stereocenters. The summed E-state index contributed by atoms with van der Waals surface area (Å²) in [5.74, 6) is 0.171. The minimum absolute atomic E-state index is 0.0533. The van der Waals surface area contributed by atoms with Crippen LogP contribution in [0.5, 0.6) is 0 Å². The molecule has 4 heteroatoms. The summed E-state index contributed by atoms with van der Waals surface area (Å²) < 4.78 is 0. The zero-order valence-corrected chi connectivity index (χ0v) is 15.7. The molecule has 1 heterocycles. The predicted octanol–water partition coefficient (Wildman–Crippen LogP) is 3.26. The van der Waals surface area contributed by atoms with Crippen molar-refractivity contribution in [3.8, 4) is 0 Å². The second-order valence-corrected chi connectivity index (χ2v) is 7.39. The number of carbonyl (C=O) groups excluding carboxylic acids is 2. The van der Waals surface area contributed by atoms with Crippen molar-refractivity contribution < 1.29 is 9.59 Å². The first kappa shape index (κ1) is 18.2. The van der Waals surface area contributed by atoms with Crippen LogP contribution in [0, 0.1) is 6.92 Å². The summed E-state index contributed by atoms with van der Waals surface area (Å²) in [6, 6.07) is 17.5. The molecule has 1 aliphatic rings. The smallest absolute Gasteiger partial charge is 0.254 e. The molecule has 0 aromatic heterocycles. The van der Waals surface area contributed by atoms with Crippen LogP contribution in [0.2, 0.25) is 0 Å². The molecule has 2 aromatic carbocycles. The maximum Gasteiger partial charge on any atom is 0.254 e. The molecule has 0 radical (unpaired) electrons. The van der Waals surface area contributed by atoms with Gasteiger partial charge in [-0.05, 0) is 38.0 Å². The van der Waals surface area contributed by atoms with Crippen LogP contribution < -0.4 is 0 Å².